The Balaban J connectivity index is 2.18. The van der Waals surface area contributed by atoms with Crippen LogP contribution >= 0.6 is 11.6 Å². The molecule has 1 aromatic heterocycles. The first-order chi connectivity index (χ1) is 6.77. The van der Waals surface area contributed by atoms with Crippen molar-refractivity contribution >= 4 is 17.3 Å². The number of ether oxygens (including phenoxy) is 1. The van der Waals surface area contributed by atoms with Gasteiger partial charge in [-0.2, -0.15) is 0 Å². The molecular formula is C10H13ClN2O. The van der Waals surface area contributed by atoms with Crippen LogP contribution in [0.1, 0.15) is 24.3 Å². The molecule has 4 heteroatoms. The van der Waals surface area contributed by atoms with E-state index in [2.05, 4.69) is 4.98 Å². The molecule has 2 N–H and O–H groups in total. The zero-order valence-corrected chi connectivity index (χ0v) is 8.63. The summed E-state index contributed by atoms with van der Waals surface area (Å²) >= 11 is 5.76. The quantitative estimate of drug-likeness (QED) is 0.727. The lowest BCUT2D eigenvalue weighted by molar-refractivity contribution is 0.0853. The monoisotopic (exact) mass is 212 g/mol. The first kappa shape index (κ1) is 9.74. The third kappa shape index (κ3) is 1.99. The van der Waals surface area contributed by atoms with Crippen molar-refractivity contribution in [2.24, 2.45) is 0 Å². The number of hydrogen-bond acceptors (Lipinski definition) is 3. The summed E-state index contributed by atoms with van der Waals surface area (Å²) in [5, 5.41) is 0.390. The lowest BCUT2D eigenvalue weighted by Gasteiger charge is -2.22. The maximum Gasteiger partial charge on any atom is 0.151 e. The fourth-order valence-electron chi connectivity index (χ4n) is 1.74. The molecule has 0 radical (unpaired) electrons. The Morgan fingerprint density at radius 3 is 2.79 bits per heavy atom. The summed E-state index contributed by atoms with van der Waals surface area (Å²) in [6.45, 7) is 1.65. The minimum atomic E-state index is 0.390. The van der Waals surface area contributed by atoms with Crippen molar-refractivity contribution in [3.8, 4) is 0 Å². The average Bonchev–Trinajstić information content (AvgIpc) is 2.23. The van der Waals surface area contributed by atoms with Crippen LogP contribution < -0.4 is 5.73 Å². The van der Waals surface area contributed by atoms with E-state index in [0.29, 0.717) is 16.8 Å². The van der Waals surface area contributed by atoms with Gasteiger partial charge in [0.15, 0.2) is 5.15 Å². The van der Waals surface area contributed by atoms with Gasteiger partial charge in [0, 0.05) is 19.4 Å². The van der Waals surface area contributed by atoms with Crippen LogP contribution in [0.2, 0.25) is 5.15 Å². The van der Waals surface area contributed by atoms with Gasteiger partial charge in [0.1, 0.15) is 0 Å². The van der Waals surface area contributed by atoms with Gasteiger partial charge in [-0.3, -0.25) is 0 Å². The van der Waals surface area contributed by atoms with Gasteiger partial charge in [-0.15, -0.1) is 0 Å². The zero-order valence-electron chi connectivity index (χ0n) is 7.87. The second-order valence-electron chi connectivity index (χ2n) is 3.54. The van der Waals surface area contributed by atoms with Crippen molar-refractivity contribution in [3.63, 3.8) is 0 Å². The second-order valence-corrected chi connectivity index (χ2v) is 3.89. The highest BCUT2D eigenvalue weighted by Crippen LogP contribution is 2.29. The number of anilines is 1. The summed E-state index contributed by atoms with van der Waals surface area (Å²) in [7, 11) is 0. The predicted octanol–water partition coefficient (Wildman–Crippen LogP) is 2.21. The van der Waals surface area contributed by atoms with Crippen LogP contribution in [0.3, 0.4) is 0 Å². The molecule has 0 bridgehead atoms. The molecule has 1 aliphatic heterocycles. The van der Waals surface area contributed by atoms with E-state index in [4.69, 9.17) is 22.1 Å². The van der Waals surface area contributed by atoms with Gasteiger partial charge in [-0.1, -0.05) is 11.6 Å². The summed E-state index contributed by atoms with van der Waals surface area (Å²) in [5.41, 5.74) is 7.44. The molecule has 0 unspecified atom stereocenters. The predicted molar refractivity (Wildman–Crippen MR) is 56.5 cm³/mol. The van der Waals surface area contributed by atoms with Gasteiger partial charge in [0.2, 0.25) is 0 Å². The maximum absolute atomic E-state index is 5.76. The topological polar surface area (TPSA) is 48.1 Å². The van der Waals surface area contributed by atoms with Gasteiger partial charge in [-0.25, -0.2) is 4.98 Å². The Labute approximate surface area is 88.2 Å². The van der Waals surface area contributed by atoms with Crippen LogP contribution in [0, 0.1) is 0 Å². The molecule has 0 spiro atoms. The van der Waals surface area contributed by atoms with Crippen molar-refractivity contribution in [1.82, 2.24) is 4.98 Å². The molecule has 2 rings (SSSR count). The first-order valence-corrected chi connectivity index (χ1v) is 5.14. The van der Waals surface area contributed by atoms with E-state index in [9.17, 15) is 0 Å². The van der Waals surface area contributed by atoms with E-state index in [1.165, 1.54) is 5.56 Å². The minimum Gasteiger partial charge on any atom is -0.396 e. The summed E-state index contributed by atoms with van der Waals surface area (Å²) < 4.78 is 5.30. The number of aromatic nitrogens is 1. The van der Waals surface area contributed by atoms with Crippen molar-refractivity contribution in [1.29, 1.82) is 0 Å². The van der Waals surface area contributed by atoms with Gasteiger partial charge in [0.25, 0.3) is 0 Å². The lowest BCUT2D eigenvalue weighted by atomic mass is 9.93. The highest BCUT2D eigenvalue weighted by molar-refractivity contribution is 6.31. The van der Waals surface area contributed by atoms with E-state index in [0.717, 1.165) is 26.1 Å². The third-order valence-corrected chi connectivity index (χ3v) is 2.90. The maximum atomic E-state index is 5.76. The van der Waals surface area contributed by atoms with Crippen molar-refractivity contribution in [2.45, 2.75) is 18.8 Å². The second kappa shape index (κ2) is 4.15. The van der Waals surface area contributed by atoms with Gasteiger partial charge >= 0.3 is 0 Å². The van der Waals surface area contributed by atoms with Crippen LogP contribution in [0.15, 0.2) is 12.3 Å². The molecular weight excluding hydrogens is 200 g/mol. The molecule has 14 heavy (non-hydrogen) atoms. The SMILES string of the molecule is Nc1cc(C2CCOCC2)cnc1Cl. The number of rotatable bonds is 1. The Morgan fingerprint density at radius 2 is 2.14 bits per heavy atom. The molecule has 0 atom stereocenters. The minimum absolute atomic E-state index is 0.390. The standard InChI is InChI=1S/C10H13ClN2O/c11-10-9(12)5-8(6-13-10)7-1-3-14-4-2-7/h5-7H,1-4,12H2. The smallest absolute Gasteiger partial charge is 0.151 e. The fourth-order valence-corrected chi connectivity index (χ4v) is 1.84. The van der Waals surface area contributed by atoms with Crippen LogP contribution in [0.4, 0.5) is 5.69 Å². The Morgan fingerprint density at radius 1 is 1.43 bits per heavy atom. The van der Waals surface area contributed by atoms with Crippen molar-refractivity contribution < 1.29 is 4.74 Å². The van der Waals surface area contributed by atoms with E-state index in [1.807, 2.05) is 12.3 Å². The Bertz CT molecular complexity index is 324. The van der Waals surface area contributed by atoms with Crippen LogP contribution in [-0.4, -0.2) is 18.2 Å². The molecule has 0 amide bonds. The molecule has 0 saturated carbocycles. The molecule has 1 saturated heterocycles. The van der Waals surface area contributed by atoms with E-state index >= 15 is 0 Å². The third-order valence-electron chi connectivity index (χ3n) is 2.58. The van der Waals surface area contributed by atoms with E-state index in [1.54, 1.807) is 0 Å². The zero-order chi connectivity index (χ0) is 9.97. The summed E-state index contributed by atoms with van der Waals surface area (Å²) in [6.07, 6.45) is 3.90. The number of halogens is 1. The molecule has 0 aliphatic carbocycles. The number of hydrogen-bond donors (Lipinski definition) is 1. The van der Waals surface area contributed by atoms with Crippen LogP contribution in [0.5, 0.6) is 0 Å². The molecule has 3 nitrogen and oxygen atoms in total. The average molecular weight is 213 g/mol. The van der Waals surface area contributed by atoms with Gasteiger partial charge in [0.05, 0.1) is 5.69 Å². The first-order valence-electron chi connectivity index (χ1n) is 4.76. The molecule has 1 aromatic rings. The highest BCUT2D eigenvalue weighted by atomic mass is 35.5. The molecule has 76 valence electrons. The van der Waals surface area contributed by atoms with E-state index < -0.39 is 0 Å². The highest BCUT2D eigenvalue weighted by Gasteiger charge is 2.16. The molecule has 1 aliphatic rings. The van der Waals surface area contributed by atoms with E-state index in [-0.39, 0.29) is 0 Å². The Hall–Kier alpha value is -0.800. The molecule has 1 fully saturated rings. The number of pyridine rings is 1. The molecule has 2 heterocycles. The van der Waals surface area contributed by atoms with Crippen molar-refractivity contribution in [2.75, 3.05) is 18.9 Å². The van der Waals surface area contributed by atoms with Crippen LogP contribution in [-0.2, 0) is 4.74 Å². The summed E-state index contributed by atoms with van der Waals surface area (Å²) in [6, 6.07) is 1.92. The normalized spacial score (nSPS) is 18.4. The Kier molecular flexibility index (Phi) is 2.89. The van der Waals surface area contributed by atoms with Gasteiger partial charge in [-0.05, 0) is 30.4 Å². The fraction of sp³-hybridized carbons (Fsp3) is 0.500. The van der Waals surface area contributed by atoms with Crippen LogP contribution in [0.25, 0.3) is 0 Å². The number of nitrogens with two attached hydrogens (primary N) is 1. The molecule has 0 aromatic carbocycles. The van der Waals surface area contributed by atoms with Crippen molar-refractivity contribution in [3.05, 3.63) is 23.0 Å². The number of nitrogen functional groups attached to an aromatic ring is 1. The number of nitrogens with zero attached hydrogens (tertiary/aromatic N) is 1. The summed E-state index contributed by atoms with van der Waals surface area (Å²) in [4.78, 5) is 4.05. The summed E-state index contributed by atoms with van der Waals surface area (Å²) in [5.74, 6) is 0.524. The lowest BCUT2D eigenvalue weighted by Crippen LogP contribution is -2.14. The largest absolute Gasteiger partial charge is 0.396 e. The van der Waals surface area contributed by atoms with Gasteiger partial charge < -0.3 is 10.5 Å².